The van der Waals surface area contributed by atoms with Gasteiger partial charge in [0.05, 0.1) is 0 Å². The molecule has 31 heavy (non-hydrogen) atoms. The van der Waals surface area contributed by atoms with Crippen LogP contribution in [0.5, 0.6) is 5.75 Å². The van der Waals surface area contributed by atoms with E-state index in [0.717, 1.165) is 36.8 Å². The zero-order valence-electron chi connectivity index (χ0n) is 18.1. The zero-order chi connectivity index (χ0) is 21.5. The number of rotatable bonds is 11. The van der Waals surface area contributed by atoms with E-state index in [0.29, 0.717) is 18.7 Å². The third-order valence-corrected chi connectivity index (χ3v) is 6.94. The van der Waals surface area contributed by atoms with Crippen LogP contribution < -0.4 is 10.1 Å². The molecule has 0 heterocycles. The molecule has 2 aliphatic rings. The molecule has 4 atom stereocenters. The quantitative estimate of drug-likeness (QED) is 0.271. The van der Waals surface area contributed by atoms with E-state index in [2.05, 4.69) is 53.9 Å². The number of unbranched alkanes of at least 4 members (excludes halogenated alkanes) is 1. The molecule has 0 radical (unpaired) electrons. The molecule has 4 heteroatoms. The molecule has 4 rings (SSSR count). The molecule has 0 amide bonds. The van der Waals surface area contributed by atoms with E-state index in [1.165, 1.54) is 30.4 Å². The van der Waals surface area contributed by atoms with Crippen LogP contribution in [0.3, 0.4) is 0 Å². The van der Waals surface area contributed by atoms with Crippen LogP contribution in [-0.2, 0) is 4.79 Å². The first-order chi connectivity index (χ1) is 15.2. The maximum Gasteiger partial charge on any atom is 0.303 e. The monoisotopic (exact) mass is 419 g/mol. The molecule has 2 N–H and O–H groups in total. The average Bonchev–Trinajstić information content (AvgIpc) is 3.39. The molecule has 0 aliphatic heterocycles. The lowest BCUT2D eigenvalue weighted by molar-refractivity contribution is -0.137. The van der Waals surface area contributed by atoms with Gasteiger partial charge < -0.3 is 9.84 Å². The Morgan fingerprint density at radius 3 is 2.52 bits per heavy atom. The summed E-state index contributed by atoms with van der Waals surface area (Å²) in [4.78, 5) is 10.6. The van der Waals surface area contributed by atoms with Crippen LogP contribution >= 0.6 is 0 Å². The molecule has 0 spiro atoms. The predicted octanol–water partition coefficient (Wildman–Crippen LogP) is 5.90. The summed E-state index contributed by atoms with van der Waals surface area (Å²) < 4.78 is 6.01. The average molecular weight is 420 g/mol. The summed E-state index contributed by atoms with van der Waals surface area (Å²) in [7, 11) is 0. The maximum absolute atomic E-state index is 10.6. The lowest BCUT2D eigenvalue weighted by Gasteiger charge is -2.31. The number of benzene rings is 2. The number of fused-ring (bicyclic) bond motifs is 2. The van der Waals surface area contributed by atoms with Crippen molar-refractivity contribution in [3.8, 4) is 16.9 Å². The molecule has 0 saturated heterocycles. The first-order valence-electron chi connectivity index (χ1n) is 11.6. The van der Waals surface area contributed by atoms with Gasteiger partial charge in [-0.25, -0.2) is 0 Å². The van der Waals surface area contributed by atoms with Crippen LogP contribution in [0.1, 0.15) is 44.9 Å². The van der Waals surface area contributed by atoms with Crippen molar-refractivity contribution in [1.29, 1.82) is 0 Å². The lowest BCUT2D eigenvalue weighted by Crippen LogP contribution is -2.42. The summed E-state index contributed by atoms with van der Waals surface area (Å²) in [6.07, 6.45) is 11.4. The topological polar surface area (TPSA) is 58.6 Å². The lowest BCUT2D eigenvalue weighted by atomic mass is 9.82. The summed E-state index contributed by atoms with van der Waals surface area (Å²) in [5.41, 5.74) is 2.41. The second-order valence-electron chi connectivity index (χ2n) is 8.90. The molecule has 0 unspecified atom stereocenters. The van der Waals surface area contributed by atoms with Gasteiger partial charge in [-0.15, -0.1) is 0 Å². The van der Waals surface area contributed by atoms with Gasteiger partial charge in [-0.1, -0.05) is 54.6 Å². The van der Waals surface area contributed by atoms with Crippen molar-refractivity contribution in [1.82, 2.24) is 5.32 Å². The van der Waals surface area contributed by atoms with Gasteiger partial charge in [0, 0.05) is 12.5 Å². The maximum atomic E-state index is 10.6. The van der Waals surface area contributed by atoms with E-state index in [9.17, 15) is 4.79 Å². The van der Waals surface area contributed by atoms with Gasteiger partial charge in [-0.2, -0.15) is 0 Å². The molecule has 164 valence electrons. The highest BCUT2D eigenvalue weighted by Crippen LogP contribution is 2.49. The fourth-order valence-electron chi connectivity index (χ4n) is 5.41. The van der Waals surface area contributed by atoms with Crippen LogP contribution in [0.4, 0.5) is 0 Å². The number of ether oxygens (including phenoxy) is 1. The minimum atomic E-state index is -0.708. The van der Waals surface area contributed by atoms with Gasteiger partial charge in [-0.05, 0) is 79.5 Å². The highest BCUT2D eigenvalue weighted by Gasteiger charge is 2.46. The number of carbonyl (C=O) groups is 1. The molecule has 2 aliphatic carbocycles. The van der Waals surface area contributed by atoms with Crippen LogP contribution in [0.25, 0.3) is 11.1 Å². The van der Waals surface area contributed by atoms with Crippen molar-refractivity contribution >= 4 is 5.97 Å². The Morgan fingerprint density at radius 2 is 1.74 bits per heavy atom. The molecule has 2 aromatic carbocycles. The van der Waals surface area contributed by atoms with Crippen LogP contribution in [0.15, 0.2) is 66.7 Å². The number of carboxylic acid groups (broad SMARTS) is 1. The van der Waals surface area contributed by atoms with Crippen LogP contribution in [-0.4, -0.2) is 23.8 Å². The second kappa shape index (κ2) is 10.6. The summed E-state index contributed by atoms with van der Waals surface area (Å²) in [5, 5.41) is 12.4. The fourth-order valence-corrected chi connectivity index (χ4v) is 5.41. The molecular weight excluding hydrogens is 386 g/mol. The zero-order valence-corrected chi connectivity index (χ0v) is 18.1. The SMILES string of the molecule is O=C(O)CCCC=CC[C@@H]1[C@H]2CC[C@H](C2)[C@H]1NCOc1ccc(-c2ccccc2)cc1. The molecule has 2 fully saturated rings. The van der Waals surface area contributed by atoms with E-state index in [1.807, 2.05) is 18.2 Å². The number of nitrogens with one attached hydrogen (secondary N) is 1. The first-order valence-corrected chi connectivity index (χ1v) is 11.6. The predicted molar refractivity (Wildman–Crippen MR) is 124 cm³/mol. The number of carboxylic acids is 1. The number of hydrogen-bond donors (Lipinski definition) is 2. The molecule has 2 bridgehead atoms. The van der Waals surface area contributed by atoms with Gasteiger partial charge in [0.2, 0.25) is 0 Å². The Bertz CT molecular complexity index is 862. The Labute approximate surface area is 185 Å². The van der Waals surface area contributed by atoms with Gasteiger partial charge in [-0.3, -0.25) is 10.1 Å². The summed E-state index contributed by atoms with van der Waals surface area (Å²) in [6.45, 7) is 0.539. The Balaban J connectivity index is 1.24. The van der Waals surface area contributed by atoms with E-state index >= 15 is 0 Å². The van der Waals surface area contributed by atoms with Crippen molar-refractivity contribution in [3.63, 3.8) is 0 Å². The minimum absolute atomic E-state index is 0.256. The first kappa shape index (κ1) is 21.6. The van der Waals surface area contributed by atoms with Crippen molar-refractivity contribution in [2.75, 3.05) is 6.73 Å². The van der Waals surface area contributed by atoms with Crippen molar-refractivity contribution in [3.05, 3.63) is 66.7 Å². The molecule has 2 aromatic rings. The normalized spacial score (nSPS) is 24.6. The standard InChI is InChI=1S/C27H33NO3/c29-26(30)11-7-2-1-6-10-25-22-12-13-23(18-22)27(25)28-19-31-24-16-14-21(15-17-24)20-8-4-3-5-9-20/h1,3-6,8-9,14-17,22-23,25,27-28H,2,7,10-13,18-19H2,(H,29,30)/t22-,23+,25+,27+/m0/s1. The summed E-state index contributed by atoms with van der Waals surface area (Å²) in [6, 6.07) is 19.2. The van der Waals surface area contributed by atoms with Crippen LogP contribution in [0, 0.1) is 17.8 Å². The molecule has 2 saturated carbocycles. The third kappa shape index (κ3) is 5.76. The smallest absolute Gasteiger partial charge is 0.303 e. The molecule has 0 aromatic heterocycles. The highest BCUT2D eigenvalue weighted by atomic mass is 16.5. The second-order valence-corrected chi connectivity index (χ2v) is 8.90. The van der Waals surface area contributed by atoms with Crippen molar-refractivity contribution in [2.45, 2.75) is 51.0 Å². The van der Waals surface area contributed by atoms with Gasteiger partial charge in [0.25, 0.3) is 0 Å². The third-order valence-electron chi connectivity index (χ3n) is 6.94. The fraction of sp³-hybridized carbons (Fsp3) is 0.444. The van der Waals surface area contributed by atoms with E-state index in [1.54, 1.807) is 0 Å². The van der Waals surface area contributed by atoms with Gasteiger partial charge >= 0.3 is 5.97 Å². The van der Waals surface area contributed by atoms with Crippen LogP contribution in [0.2, 0.25) is 0 Å². The number of allylic oxidation sites excluding steroid dienone is 2. The highest BCUT2D eigenvalue weighted by molar-refractivity contribution is 5.66. The van der Waals surface area contributed by atoms with Crippen molar-refractivity contribution < 1.29 is 14.6 Å². The summed E-state index contributed by atoms with van der Waals surface area (Å²) >= 11 is 0. The van der Waals surface area contributed by atoms with Gasteiger partial charge in [0.1, 0.15) is 12.5 Å². The van der Waals surface area contributed by atoms with E-state index in [4.69, 9.17) is 9.84 Å². The van der Waals surface area contributed by atoms with E-state index in [-0.39, 0.29) is 6.42 Å². The largest absolute Gasteiger partial charge is 0.481 e. The molecular formula is C27H33NO3. The minimum Gasteiger partial charge on any atom is -0.481 e. The van der Waals surface area contributed by atoms with Crippen molar-refractivity contribution in [2.24, 2.45) is 17.8 Å². The van der Waals surface area contributed by atoms with Gasteiger partial charge in [0.15, 0.2) is 0 Å². The number of hydrogen-bond acceptors (Lipinski definition) is 3. The molecule has 4 nitrogen and oxygen atoms in total. The number of aliphatic carboxylic acids is 1. The Morgan fingerprint density at radius 1 is 1.00 bits per heavy atom. The Kier molecular flexibility index (Phi) is 7.42. The summed E-state index contributed by atoms with van der Waals surface area (Å²) in [5.74, 6) is 2.43. The van der Waals surface area contributed by atoms with E-state index < -0.39 is 5.97 Å². The Hall–Kier alpha value is -2.59.